The molecule has 0 aliphatic rings. The number of carbonyl (C=O) groups excluding carboxylic acids is 1. The van der Waals surface area contributed by atoms with Crippen molar-refractivity contribution in [1.82, 2.24) is 9.55 Å². The first-order valence-electron chi connectivity index (χ1n) is 6.71. The molecule has 6 nitrogen and oxygen atoms in total. The van der Waals surface area contributed by atoms with E-state index in [-0.39, 0.29) is 16.8 Å². The Kier molecular flexibility index (Phi) is 3.53. The third-order valence-electron chi connectivity index (χ3n) is 3.39. The molecule has 23 heavy (non-hydrogen) atoms. The van der Waals surface area contributed by atoms with Crippen molar-refractivity contribution in [1.29, 1.82) is 0 Å². The minimum atomic E-state index is -1.12. The summed E-state index contributed by atoms with van der Waals surface area (Å²) in [4.78, 5) is 27.7. The van der Waals surface area contributed by atoms with Crippen molar-refractivity contribution in [3.8, 4) is 0 Å². The summed E-state index contributed by atoms with van der Waals surface area (Å²) in [7, 11) is 1.69. The number of halogens is 1. The van der Waals surface area contributed by atoms with Crippen molar-refractivity contribution in [3.63, 3.8) is 0 Å². The molecule has 3 aromatic rings. The highest BCUT2D eigenvalue weighted by atomic mass is 19.1. The fourth-order valence-electron chi connectivity index (χ4n) is 2.36. The van der Waals surface area contributed by atoms with Gasteiger partial charge in [-0.2, -0.15) is 0 Å². The van der Waals surface area contributed by atoms with E-state index in [1.54, 1.807) is 17.7 Å². The fraction of sp³-hybridized carbons (Fsp3) is 0.0625. The second-order valence-electron chi connectivity index (χ2n) is 5.02. The van der Waals surface area contributed by atoms with E-state index in [0.717, 1.165) is 6.07 Å². The van der Waals surface area contributed by atoms with Gasteiger partial charge < -0.3 is 15.0 Å². The zero-order chi connectivity index (χ0) is 16.6. The molecule has 1 amide bonds. The van der Waals surface area contributed by atoms with Gasteiger partial charge in [0.2, 0.25) is 0 Å². The molecule has 0 aliphatic heterocycles. The van der Waals surface area contributed by atoms with E-state index in [4.69, 9.17) is 0 Å². The number of nitrogens with one attached hydrogen (secondary N) is 1. The average molecular weight is 313 g/mol. The summed E-state index contributed by atoms with van der Waals surface area (Å²) in [6.45, 7) is 0. The lowest BCUT2D eigenvalue weighted by atomic mass is 10.1. The van der Waals surface area contributed by atoms with Gasteiger partial charge in [-0.3, -0.25) is 4.79 Å². The Labute approximate surface area is 130 Å². The van der Waals surface area contributed by atoms with Crippen LogP contribution in [0.15, 0.2) is 42.7 Å². The number of anilines is 1. The summed E-state index contributed by atoms with van der Waals surface area (Å²) in [6.07, 6.45) is 1.50. The molecule has 0 unspecified atom stereocenters. The number of benzene rings is 2. The number of aromatic nitrogens is 2. The van der Waals surface area contributed by atoms with Gasteiger partial charge in [-0.15, -0.1) is 0 Å². The van der Waals surface area contributed by atoms with E-state index >= 15 is 0 Å². The largest absolute Gasteiger partial charge is 0.478 e. The minimum absolute atomic E-state index is 0.0250. The number of nitrogens with zero attached hydrogens (tertiary/aromatic N) is 2. The van der Waals surface area contributed by atoms with Crippen molar-refractivity contribution in [2.24, 2.45) is 7.05 Å². The monoisotopic (exact) mass is 313 g/mol. The van der Waals surface area contributed by atoms with Crippen LogP contribution in [-0.4, -0.2) is 26.5 Å². The molecule has 1 aromatic heterocycles. The van der Waals surface area contributed by atoms with Crippen LogP contribution in [-0.2, 0) is 7.05 Å². The number of hydrogen-bond donors (Lipinski definition) is 2. The zero-order valence-electron chi connectivity index (χ0n) is 12.1. The number of carboxylic acid groups (broad SMARTS) is 1. The van der Waals surface area contributed by atoms with E-state index in [2.05, 4.69) is 10.3 Å². The van der Waals surface area contributed by atoms with Crippen molar-refractivity contribution >= 4 is 28.6 Å². The average Bonchev–Trinajstić information content (AvgIpc) is 2.87. The highest BCUT2D eigenvalue weighted by Crippen LogP contribution is 2.23. The van der Waals surface area contributed by atoms with Crippen molar-refractivity contribution < 1.29 is 19.1 Å². The molecule has 0 saturated carbocycles. The van der Waals surface area contributed by atoms with E-state index < -0.39 is 17.7 Å². The topological polar surface area (TPSA) is 84.2 Å². The van der Waals surface area contributed by atoms with Crippen LogP contribution in [0.2, 0.25) is 0 Å². The number of imidazole rings is 1. The van der Waals surface area contributed by atoms with Gasteiger partial charge in [0, 0.05) is 18.3 Å². The summed E-state index contributed by atoms with van der Waals surface area (Å²) in [5, 5.41) is 11.9. The van der Waals surface area contributed by atoms with E-state index in [9.17, 15) is 19.1 Å². The third-order valence-corrected chi connectivity index (χ3v) is 3.39. The Morgan fingerprint density at radius 1 is 1.26 bits per heavy atom. The first kappa shape index (κ1) is 14.7. The summed E-state index contributed by atoms with van der Waals surface area (Å²) in [5.41, 5.74) is 1.35. The molecule has 0 saturated heterocycles. The van der Waals surface area contributed by atoms with Crippen LogP contribution in [0.25, 0.3) is 11.0 Å². The number of carbonyl (C=O) groups is 2. The molecule has 0 spiro atoms. The third kappa shape index (κ3) is 2.76. The highest BCUT2D eigenvalue weighted by Gasteiger charge is 2.16. The van der Waals surface area contributed by atoms with E-state index in [0.29, 0.717) is 11.0 Å². The van der Waals surface area contributed by atoms with Gasteiger partial charge in [0.1, 0.15) is 5.82 Å². The molecule has 0 aliphatic carbocycles. The Morgan fingerprint density at radius 2 is 2.04 bits per heavy atom. The Bertz CT molecular complexity index is 933. The lowest BCUT2D eigenvalue weighted by Gasteiger charge is -2.08. The number of fused-ring (bicyclic) bond motifs is 1. The highest BCUT2D eigenvalue weighted by molar-refractivity contribution is 6.08. The molecule has 0 fully saturated rings. The number of hydrogen-bond acceptors (Lipinski definition) is 3. The van der Waals surface area contributed by atoms with Crippen molar-refractivity contribution in [3.05, 3.63) is 59.7 Å². The Hall–Kier alpha value is -3.22. The first-order valence-corrected chi connectivity index (χ1v) is 6.71. The van der Waals surface area contributed by atoms with Gasteiger partial charge in [0.25, 0.3) is 5.91 Å². The predicted molar refractivity (Wildman–Crippen MR) is 82.0 cm³/mol. The van der Waals surface area contributed by atoms with Gasteiger partial charge in [0.15, 0.2) is 0 Å². The SMILES string of the molecule is Cn1cnc2cc(NC(=O)c3cccc(F)c3)cc(C(=O)O)c21. The van der Waals surface area contributed by atoms with Crippen molar-refractivity contribution in [2.75, 3.05) is 5.32 Å². The molecule has 0 atom stereocenters. The zero-order valence-corrected chi connectivity index (χ0v) is 12.1. The van der Waals surface area contributed by atoms with Gasteiger partial charge in [-0.05, 0) is 30.3 Å². The maximum Gasteiger partial charge on any atom is 0.337 e. The lowest BCUT2D eigenvalue weighted by Crippen LogP contribution is -2.13. The lowest BCUT2D eigenvalue weighted by molar-refractivity contribution is 0.0698. The first-order chi connectivity index (χ1) is 11.0. The van der Waals surface area contributed by atoms with Gasteiger partial charge in [0.05, 0.1) is 22.9 Å². The molecule has 3 rings (SSSR count). The second kappa shape index (κ2) is 5.53. The van der Waals surface area contributed by atoms with Crippen LogP contribution in [0, 0.1) is 5.82 Å². The quantitative estimate of drug-likeness (QED) is 0.778. The second-order valence-corrected chi connectivity index (χ2v) is 5.02. The summed E-state index contributed by atoms with van der Waals surface area (Å²) in [6, 6.07) is 8.15. The van der Waals surface area contributed by atoms with Crippen LogP contribution in [0.1, 0.15) is 20.7 Å². The molecule has 2 aromatic carbocycles. The molecule has 7 heteroatoms. The summed E-state index contributed by atoms with van der Waals surface area (Å²) >= 11 is 0. The Morgan fingerprint density at radius 3 is 2.74 bits per heavy atom. The summed E-state index contributed by atoms with van der Waals surface area (Å²) in [5.74, 6) is -2.18. The van der Waals surface area contributed by atoms with Crippen LogP contribution in [0.5, 0.6) is 0 Å². The van der Waals surface area contributed by atoms with E-state index in [1.807, 2.05) is 0 Å². The van der Waals surface area contributed by atoms with Crippen molar-refractivity contribution in [2.45, 2.75) is 0 Å². The van der Waals surface area contributed by atoms with Crippen LogP contribution in [0.3, 0.4) is 0 Å². The fourth-order valence-corrected chi connectivity index (χ4v) is 2.36. The molecular formula is C16H12FN3O3. The standard InChI is InChI=1S/C16H12FN3O3/c1-20-8-18-13-7-11(6-12(14(13)20)16(22)23)19-15(21)9-3-2-4-10(17)5-9/h2-8H,1H3,(H,19,21)(H,22,23). The summed E-state index contributed by atoms with van der Waals surface area (Å²) < 4.78 is 14.8. The molecule has 116 valence electrons. The molecule has 2 N–H and O–H groups in total. The minimum Gasteiger partial charge on any atom is -0.478 e. The van der Waals surface area contributed by atoms with Gasteiger partial charge in [-0.1, -0.05) is 6.07 Å². The van der Waals surface area contributed by atoms with Gasteiger partial charge >= 0.3 is 5.97 Å². The Balaban J connectivity index is 2.00. The molecule has 0 radical (unpaired) electrons. The number of rotatable bonds is 3. The maximum absolute atomic E-state index is 13.2. The number of aryl methyl sites for hydroxylation is 1. The van der Waals surface area contributed by atoms with E-state index in [1.165, 1.54) is 30.6 Å². The molecular weight excluding hydrogens is 301 g/mol. The predicted octanol–water partition coefficient (Wildman–Crippen LogP) is 2.66. The smallest absolute Gasteiger partial charge is 0.337 e. The number of carboxylic acids is 1. The maximum atomic E-state index is 13.2. The van der Waals surface area contributed by atoms with Gasteiger partial charge in [-0.25, -0.2) is 14.2 Å². The van der Waals surface area contributed by atoms with Crippen LogP contribution in [0.4, 0.5) is 10.1 Å². The number of aromatic carboxylic acids is 1. The van der Waals surface area contributed by atoms with Crippen LogP contribution >= 0.6 is 0 Å². The normalized spacial score (nSPS) is 10.7. The molecule has 0 bridgehead atoms. The molecule has 1 heterocycles. The van der Waals surface area contributed by atoms with Crippen LogP contribution < -0.4 is 5.32 Å². The number of amides is 1.